The summed E-state index contributed by atoms with van der Waals surface area (Å²) in [5.41, 5.74) is 3.25. The molecule has 0 aliphatic carbocycles. The molecule has 0 saturated carbocycles. The lowest BCUT2D eigenvalue weighted by Crippen LogP contribution is -2.00. The number of phenols is 1. The van der Waals surface area contributed by atoms with Crippen LogP contribution in [0.1, 0.15) is 11.1 Å². The van der Waals surface area contributed by atoms with Gasteiger partial charge in [0.05, 0.1) is 12.6 Å². The first kappa shape index (κ1) is 18.5. The van der Waals surface area contributed by atoms with Crippen LogP contribution in [0.25, 0.3) is 10.9 Å². The smallest absolute Gasteiger partial charge is 0.163 e. The molecule has 2 heterocycles. The van der Waals surface area contributed by atoms with Gasteiger partial charge >= 0.3 is 0 Å². The Bertz CT molecular complexity index is 1150. The number of ether oxygens (including phenoxy) is 2. The van der Waals surface area contributed by atoms with Gasteiger partial charge in [-0.3, -0.25) is 4.98 Å². The topological polar surface area (TPSA) is 89.4 Å². The van der Waals surface area contributed by atoms with Crippen LogP contribution in [0.4, 0.5) is 11.5 Å². The largest absolute Gasteiger partial charge is 0.508 e. The van der Waals surface area contributed by atoms with Gasteiger partial charge in [-0.1, -0.05) is 6.07 Å². The second-order valence-corrected chi connectivity index (χ2v) is 6.51. The third-order valence-electron chi connectivity index (χ3n) is 4.54. The number of aromatic nitrogens is 3. The van der Waals surface area contributed by atoms with E-state index in [0.717, 1.165) is 22.2 Å². The van der Waals surface area contributed by atoms with Crippen molar-refractivity contribution in [3.05, 3.63) is 72.3 Å². The number of methoxy groups -OCH3 is 1. The number of rotatable bonds is 6. The van der Waals surface area contributed by atoms with Gasteiger partial charge in [-0.05, 0) is 42.3 Å². The first-order valence-corrected chi connectivity index (χ1v) is 9.05. The molecule has 7 nitrogen and oxygen atoms in total. The molecule has 0 unspecified atom stereocenters. The zero-order valence-corrected chi connectivity index (χ0v) is 16.1. The molecule has 0 atom stereocenters. The van der Waals surface area contributed by atoms with Gasteiger partial charge < -0.3 is 19.9 Å². The van der Waals surface area contributed by atoms with E-state index >= 15 is 0 Å². The minimum Gasteiger partial charge on any atom is -0.508 e. The molecule has 2 aromatic carbocycles. The van der Waals surface area contributed by atoms with E-state index in [2.05, 4.69) is 20.3 Å². The van der Waals surface area contributed by atoms with E-state index in [-0.39, 0.29) is 5.75 Å². The summed E-state index contributed by atoms with van der Waals surface area (Å²) >= 11 is 0. The fourth-order valence-corrected chi connectivity index (χ4v) is 2.90. The maximum absolute atomic E-state index is 9.95. The van der Waals surface area contributed by atoms with Crippen molar-refractivity contribution in [2.75, 3.05) is 12.4 Å². The standard InChI is InChI=1S/C22H20N4O3/c1-14-3-4-16(9-19(14)27)26-22-17-10-20(28-2)21(11-18(17)24-13-25-22)29-12-15-5-7-23-8-6-15/h3-11,13,27H,12H2,1-2H3,(H,24,25,26). The maximum atomic E-state index is 9.95. The van der Waals surface area contributed by atoms with Gasteiger partial charge in [-0.25, -0.2) is 9.97 Å². The van der Waals surface area contributed by atoms with Crippen molar-refractivity contribution in [2.45, 2.75) is 13.5 Å². The third kappa shape index (κ3) is 4.03. The van der Waals surface area contributed by atoms with Crippen molar-refractivity contribution >= 4 is 22.4 Å². The summed E-state index contributed by atoms with van der Waals surface area (Å²) in [7, 11) is 1.59. The van der Waals surface area contributed by atoms with Crippen LogP contribution in [0.15, 0.2) is 61.2 Å². The summed E-state index contributed by atoms with van der Waals surface area (Å²) in [6.07, 6.45) is 4.94. The number of aromatic hydroxyl groups is 1. The molecule has 2 N–H and O–H groups in total. The summed E-state index contributed by atoms with van der Waals surface area (Å²) in [4.78, 5) is 12.7. The Balaban J connectivity index is 1.66. The number of fused-ring (bicyclic) bond motifs is 1. The van der Waals surface area contributed by atoms with E-state index in [1.807, 2.05) is 43.3 Å². The fraction of sp³-hybridized carbons (Fsp3) is 0.136. The van der Waals surface area contributed by atoms with Crippen LogP contribution in [0, 0.1) is 6.92 Å². The first-order chi connectivity index (χ1) is 14.1. The van der Waals surface area contributed by atoms with Crippen LogP contribution in [-0.2, 0) is 6.61 Å². The first-order valence-electron chi connectivity index (χ1n) is 9.05. The van der Waals surface area contributed by atoms with Gasteiger partial charge in [0.1, 0.15) is 24.5 Å². The van der Waals surface area contributed by atoms with E-state index in [1.54, 1.807) is 25.6 Å². The number of nitrogens with one attached hydrogen (secondary N) is 1. The Morgan fingerprint density at radius 2 is 1.83 bits per heavy atom. The van der Waals surface area contributed by atoms with Gasteiger partial charge in [0.25, 0.3) is 0 Å². The highest BCUT2D eigenvalue weighted by Gasteiger charge is 2.12. The number of aryl methyl sites for hydroxylation is 1. The summed E-state index contributed by atoms with van der Waals surface area (Å²) in [6, 6.07) is 12.8. The van der Waals surface area contributed by atoms with Gasteiger partial charge in [-0.15, -0.1) is 0 Å². The number of hydrogen-bond donors (Lipinski definition) is 2. The second kappa shape index (κ2) is 8.02. The highest BCUT2D eigenvalue weighted by molar-refractivity contribution is 5.93. The lowest BCUT2D eigenvalue weighted by Gasteiger charge is -2.14. The lowest BCUT2D eigenvalue weighted by molar-refractivity contribution is 0.285. The number of nitrogens with zero attached hydrogens (tertiary/aromatic N) is 3. The molecule has 2 aromatic heterocycles. The number of anilines is 2. The van der Waals surface area contributed by atoms with Crippen molar-refractivity contribution in [1.29, 1.82) is 0 Å². The summed E-state index contributed by atoms with van der Waals surface area (Å²) in [5, 5.41) is 14.0. The average Bonchev–Trinajstić information content (AvgIpc) is 2.75. The number of benzene rings is 2. The molecule has 0 amide bonds. The van der Waals surface area contributed by atoms with Crippen molar-refractivity contribution in [2.24, 2.45) is 0 Å². The summed E-state index contributed by atoms with van der Waals surface area (Å²) in [5.74, 6) is 2.00. The number of phenolic OH excluding ortho intramolecular Hbond substituents is 1. The van der Waals surface area contributed by atoms with Crippen molar-refractivity contribution < 1.29 is 14.6 Å². The molecule has 0 aliphatic heterocycles. The van der Waals surface area contributed by atoms with Crippen LogP contribution in [0.3, 0.4) is 0 Å². The molecular weight excluding hydrogens is 368 g/mol. The van der Waals surface area contributed by atoms with Gasteiger partial charge in [0.15, 0.2) is 11.5 Å². The minimum absolute atomic E-state index is 0.220. The Hall–Kier alpha value is -3.87. The molecule has 0 spiro atoms. The molecule has 146 valence electrons. The lowest BCUT2D eigenvalue weighted by atomic mass is 10.2. The number of hydrogen-bond acceptors (Lipinski definition) is 7. The zero-order chi connectivity index (χ0) is 20.2. The van der Waals surface area contributed by atoms with Crippen LogP contribution in [-0.4, -0.2) is 27.2 Å². The van der Waals surface area contributed by atoms with E-state index in [1.165, 1.54) is 6.33 Å². The molecule has 0 aliphatic rings. The fourth-order valence-electron chi connectivity index (χ4n) is 2.90. The van der Waals surface area contributed by atoms with Crippen molar-refractivity contribution in [3.8, 4) is 17.2 Å². The van der Waals surface area contributed by atoms with E-state index in [4.69, 9.17) is 9.47 Å². The molecule has 29 heavy (non-hydrogen) atoms. The molecule has 4 aromatic rings. The average molecular weight is 388 g/mol. The SMILES string of the molecule is COc1cc2c(Nc3ccc(C)c(O)c3)ncnc2cc1OCc1ccncc1. The second-order valence-electron chi connectivity index (χ2n) is 6.51. The molecule has 0 saturated heterocycles. The summed E-state index contributed by atoms with van der Waals surface area (Å²) in [6.45, 7) is 2.24. The number of pyridine rings is 1. The monoisotopic (exact) mass is 388 g/mol. The normalized spacial score (nSPS) is 10.7. The van der Waals surface area contributed by atoms with E-state index in [0.29, 0.717) is 29.4 Å². The van der Waals surface area contributed by atoms with Crippen LogP contribution >= 0.6 is 0 Å². The molecule has 0 bridgehead atoms. The predicted molar refractivity (Wildman–Crippen MR) is 111 cm³/mol. The Kier molecular flexibility index (Phi) is 5.11. The van der Waals surface area contributed by atoms with E-state index < -0.39 is 0 Å². The molecular formula is C22H20N4O3. The Morgan fingerprint density at radius 1 is 1.00 bits per heavy atom. The minimum atomic E-state index is 0.220. The summed E-state index contributed by atoms with van der Waals surface area (Å²) < 4.78 is 11.5. The molecule has 7 heteroatoms. The Labute approximate surface area is 168 Å². The maximum Gasteiger partial charge on any atom is 0.163 e. The van der Waals surface area contributed by atoms with Crippen LogP contribution < -0.4 is 14.8 Å². The highest BCUT2D eigenvalue weighted by atomic mass is 16.5. The highest BCUT2D eigenvalue weighted by Crippen LogP contribution is 2.35. The van der Waals surface area contributed by atoms with Gasteiger partial charge in [0, 0.05) is 35.6 Å². The van der Waals surface area contributed by atoms with Crippen molar-refractivity contribution in [3.63, 3.8) is 0 Å². The van der Waals surface area contributed by atoms with Crippen molar-refractivity contribution in [1.82, 2.24) is 15.0 Å². The van der Waals surface area contributed by atoms with E-state index in [9.17, 15) is 5.11 Å². The van der Waals surface area contributed by atoms with Crippen LogP contribution in [0.5, 0.6) is 17.2 Å². The quantitative estimate of drug-likeness (QED) is 0.507. The van der Waals surface area contributed by atoms with Gasteiger partial charge in [-0.2, -0.15) is 0 Å². The third-order valence-corrected chi connectivity index (χ3v) is 4.54. The predicted octanol–water partition coefficient (Wildman–Crippen LogP) is 4.37. The molecule has 0 fully saturated rings. The Morgan fingerprint density at radius 3 is 2.59 bits per heavy atom. The van der Waals surface area contributed by atoms with Gasteiger partial charge in [0.2, 0.25) is 0 Å². The zero-order valence-electron chi connectivity index (χ0n) is 16.1. The molecule has 0 radical (unpaired) electrons. The van der Waals surface area contributed by atoms with Crippen LogP contribution in [0.2, 0.25) is 0 Å². The molecule has 4 rings (SSSR count).